The summed E-state index contributed by atoms with van der Waals surface area (Å²) in [5.41, 5.74) is 2.76. The standard InChI is InChI=1S/C18H15Cl2N3O/c19-13-7-6-12(10-14(13)20)17(24)11-23-16-5-2-1-4-15(16)22-9-3-8-21-18(22)23/h1-2,4-7,10H,3,8-9,11H2/p+1. The van der Waals surface area contributed by atoms with Gasteiger partial charge in [-0.3, -0.25) is 10.1 Å². The van der Waals surface area contributed by atoms with E-state index in [1.165, 1.54) is 0 Å². The van der Waals surface area contributed by atoms with Gasteiger partial charge in [0.25, 0.3) is 0 Å². The molecule has 0 spiro atoms. The number of ketones is 1. The maximum Gasteiger partial charge on any atom is 0.358 e. The van der Waals surface area contributed by atoms with E-state index in [0.29, 0.717) is 15.6 Å². The molecule has 1 aliphatic heterocycles. The van der Waals surface area contributed by atoms with Gasteiger partial charge in [0, 0.05) is 12.0 Å². The van der Waals surface area contributed by atoms with Gasteiger partial charge in [-0.05, 0) is 30.3 Å². The molecular weight excluding hydrogens is 345 g/mol. The van der Waals surface area contributed by atoms with Gasteiger partial charge in [-0.2, -0.15) is 0 Å². The van der Waals surface area contributed by atoms with Crippen molar-refractivity contribution < 1.29 is 9.36 Å². The maximum atomic E-state index is 12.7. The number of benzene rings is 2. The number of aromatic nitrogens is 2. The average Bonchev–Trinajstić information content (AvgIpc) is 2.92. The molecule has 1 aliphatic rings. The summed E-state index contributed by atoms with van der Waals surface area (Å²) in [7, 11) is 0. The maximum absolute atomic E-state index is 12.7. The zero-order valence-electron chi connectivity index (χ0n) is 12.9. The van der Waals surface area contributed by atoms with Crippen molar-refractivity contribution in [2.45, 2.75) is 19.5 Å². The van der Waals surface area contributed by atoms with Crippen molar-refractivity contribution in [1.82, 2.24) is 4.57 Å². The largest absolute Gasteiger partial charge is 0.358 e. The quantitative estimate of drug-likeness (QED) is 0.567. The summed E-state index contributed by atoms with van der Waals surface area (Å²) < 4.78 is 4.28. The van der Waals surface area contributed by atoms with Crippen LogP contribution in [0.5, 0.6) is 0 Å². The fourth-order valence-electron chi connectivity index (χ4n) is 3.21. The Morgan fingerprint density at radius 3 is 2.83 bits per heavy atom. The minimum absolute atomic E-state index is 0.00472. The summed E-state index contributed by atoms with van der Waals surface area (Å²) in [6.07, 6.45) is 1.08. The predicted molar refractivity (Wildman–Crippen MR) is 96.0 cm³/mol. The second kappa shape index (κ2) is 6.11. The summed E-state index contributed by atoms with van der Waals surface area (Å²) in [4.78, 5) is 12.7. The molecule has 3 aromatic rings. The summed E-state index contributed by atoms with van der Waals surface area (Å²) in [6, 6.07) is 13.2. The van der Waals surface area contributed by atoms with E-state index in [1.807, 2.05) is 22.8 Å². The van der Waals surface area contributed by atoms with Gasteiger partial charge in [0.1, 0.15) is 17.6 Å². The van der Waals surface area contributed by atoms with Crippen LogP contribution >= 0.6 is 23.2 Å². The van der Waals surface area contributed by atoms with Crippen molar-refractivity contribution in [2.75, 3.05) is 11.9 Å². The van der Waals surface area contributed by atoms with Crippen LogP contribution in [0.15, 0.2) is 42.5 Å². The second-order valence-corrected chi connectivity index (χ2v) is 6.70. The normalized spacial score (nSPS) is 13.6. The number of nitrogens with one attached hydrogen (secondary N) is 1. The Hall–Kier alpha value is -2.04. The molecule has 2 heterocycles. The Labute approximate surface area is 149 Å². The zero-order valence-corrected chi connectivity index (χ0v) is 14.4. The van der Waals surface area contributed by atoms with Gasteiger partial charge in [0.05, 0.1) is 23.1 Å². The summed E-state index contributed by atoms with van der Waals surface area (Å²) in [6.45, 7) is 2.13. The van der Waals surface area contributed by atoms with Crippen molar-refractivity contribution in [1.29, 1.82) is 0 Å². The number of aryl methyl sites for hydroxylation is 1. The van der Waals surface area contributed by atoms with Crippen molar-refractivity contribution in [3.63, 3.8) is 0 Å². The van der Waals surface area contributed by atoms with Crippen LogP contribution in [-0.4, -0.2) is 16.9 Å². The first-order valence-electron chi connectivity index (χ1n) is 7.88. The van der Waals surface area contributed by atoms with Crippen LogP contribution in [0, 0.1) is 0 Å². The lowest BCUT2D eigenvalue weighted by molar-refractivity contribution is -0.661. The summed E-state index contributed by atoms with van der Waals surface area (Å²) >= 11 is 12.0. The molecular formula is C18H16Cl2N3O+. The third kappa shape index (κ3) is 2.56. The molecule has 6 heteroatoms. The van der Waals surface area contributed by atoms with Crippen LogP contribution in [0.25, 0.3) is 11.0 Å². The molecule has 122 valence electrons. The van der Waals surface area contributed by atoms with Crippen LogP contribution in [0.4, 0.5) is 5.95 Å². The van der Waals surface area contributed by atoms with Crippen LogP contribution in [-0.2, 0) is 13.1 Å². The molecule has 0 saturated carbocycles. The Bertz CT molecular complexity index is 949. The number of carbonyl (C=O) groups is 1. The van der Waals surface area contributed by atoms with Crippen LogP contribution < -0.4 is 9.88 Å². The fourth-order valence-corrected chi connectivity index (χ4v) is 3.51. The Morgan fingerprint density at radius 1 is 1.17 bits per heavy atom. The number of Topliss-reactive ketones (excluding diaryl/α,β-unsaturated/α-hetero) is 1. The van der Waals surface area contributed by atoms with Gasteiger partial charge < -0.3 is 0 Å². The number of nitrogens with zero attached hydrogens (tertiary/aromatic N) is 2. The number of halogens is 2. The van der Waals surface area contributed by atoms with Crippen LogP contribution in [0.1, 0.15) is 16.8 Å². The highest BCUT2D eigenvalue weighted by Crippen LogP contribution is 2.24. The molecule has 4 rings (SSSR count). The molecule has 1 aromatic heterocycles. The van der Waals surface area contributed by atoms with Crippen molar-refractivity contribution in [3.05, 3.63) is 58.1 Å². The lowest BCUT2D eigenvalue weighted by Gasteiger charge is -2.11. The molecule has 0 amide bonds. The highest BCUT2D eigenvalue weighted by molar-refractivity contribution is 6.42. The highest BCUT2D eigenvalue weighted by atomic mass is 35.5. The van der Waals surface area contributed by atoms with E-state index >= 15 is 0 Å². The van der Waals surface area contributed by atoms with Crippen molar-refractivity contribution >= 4 is 46.0 Å². The molecule has 4 nitrogen and oxygen atoms in total. The summed E-state index contributed by atoms with van der Waals surface area (Å²) in [5.74, 6) is 0.987. The van der Waals surface area contributed by atoms with Gasteiger partial charge in [-0.15, -0.1) is 0 Å². The average molecular weight is 361 g/mol. The van der Waals surface area contributed by atoms with Crippen LogP contribution in [0.3, 0.4) is 0 Å². The molecule has 1 N–H and O–H groups in total. The van der Waals surface area contributed by atoms with E-state index < -0.39 is 0 Å². The molecule has 0 unspecified atom stereocenters. The third-order valence-electron chi connectivity index (χ3n) is 4.36. The molecule has 2 aromatic carbocycles. The number of imidazole rings is 1. The first-order valence-corrected chi connectivity index (χ1v) is 8.64. The SMILES string of the molecule is O=C(Cn1c2[n+](c3ccccc31)CCCN2)c1ccc(Cl)c(Cl)c1. The van der Waals surface area contributed by atoms with Gasteiger partial charge in [-0.25, -0.2) is 9.13 Å². The number of rotatable bonds is 3. The zero-order chi connectivity index (χ0) is 16.7. The van der Waals surface area contributed by atoms with E-state index in [-0.39, 0.29) is 12.3 Å². The van der Waals surface area contributed by atoms with Crippen molar-refractivity contribution in [3.8, 4) is 0 Å². The van der Waals surface area contributed by atoms with E-state index in [1.54, 1.807) is 18.2 Å². The lowest BCUT2D eigenvalue weighted by Crippen LogP contribution is -2.42. The first-order chi connectivity index (χ1) is 11.6. The minimum atomic E-state index is 0.00472. The monoisotopic (exact) mass is 360 g/mol. The van der Waals surface area contributed by atoms with E-state index in [4.69, 9.17) is 23.2 Å². The molecule has 0 aliphatic carbocycles. The molecule has 24 heavy (non-hydrogen) atoms. The topological polar surface area (TPSA) is 37.9 Å². The molecule has 0 radical (unpaired) electrons. The Kier molecular flexibility index (Phi) is 3.94. The number of anilines is 1. The minimum Gasteiger partial charge on any atom is -0.291 e. The van der Waals surface area contributed by atoms with Gasteiger partial charge >= 0.3 is 5.95 Å². The van der Waals surface area contributed by atoms with Crippen molar-refractivity contribution in [2.24, 2.45) is 0 Å². The number of hydrogen-bond acceptors (Lipinski definition) is 2. The molecule has 0 saturated heterocycles. The predicted octanol–water partition coefficient (Wildman–Crippen LogP) is 3.93. The Morgan fingerprint density at radius 2 is 2.00 bits per heavy atom. The van der Waals surface area contributed by atoms with Gasteiger partial charge in [-0.1, -0.05) is 35.3 Å². The first kappa shape index (κ1) is 15.5. The summed E-state index contributed by atoms with van der Waals surface area (Å²) in [5, 5.41) is 4.28. The number of fused-ring (bicyclic) bond motifs is 3. The molecule has 0 bridgehead atoms. The fraction of sp³-hybridized carbons (Fsp3) is 0.222. The number of hydrogen-bond donors (Lipinski definition) is 1. The Balaban J connectivity index is 1.76. The smallest absolute Gasteiger partial charge is 0.291 e. The molecule has 0 fully saturated rings. The third-order valence-corrected chi connectivity index (χ3v) is 5.10. The number of carbonyl (C=O) groups excluding carboxylic acids is 1. The number of para-hydroxylation sites is 2. The second-order valence-electron chi connectivity index (χ2n) is 5.88. The lowest BCUT2D eigenvalue weighted by atomic mass is 10.1. The van der Waals surface area contributed by atoms with Gasteiger partial charge in [0.2, 0.25) is 0 Å². The van der Waals surface area contributed by atoms with E-state index in [9.17, 15) is 4.79 Å². The van der Waals surface area contributed by atoms with E-state index in [0.717, 1.165) is 36.5 Å². The van der Waals surface area contributed by atoms with Gasteiger partial charge in [0.15, 0.2) is 5.78 Å². The highest BCUT2D eigenvalue weighted by Gasteiger charge is 2.27. The van der Waals surface area contributed by atoms with Crippen LogP contribution in [0.2, 0.25) is 10.0 Å². The molecule has 0 atom stereocenters. The van der Waals surface area contributed by atoms with E-state index in [2.05, 4.69) is 16.0 Å².